The number of amides is 2. The van der Waals surface area contributed by atoms with Crippen LogP contribution in [0.25, 0.3) is 0 Å². The molecule has 1 aromatic rings. The second kappa shape index (κ2) is 6.02. The molecular weight excluding hydrogens is 317 g/mol. The van der Waals surface area contributed by atoms with Crippen molar-refractivity contribution in [1.82, 2.24) is 15.5 Å². The van der Waals surface area contributed by atoms with Gasteiger partial charge in [0.2, 0.25) is 5.13 Å². The fraction of sp³-hybridized carbons (Fsp3) is 0.769. The highest BCUT2D eigenvalue weighted by Crippen LogP contribution is 2.42. The maximum absolute atomic E-state index is 12.7. The highest BCUT2D eigenvalue weighted by Gasteiger charge is 2.42. The molecule has 122 valence electrons. The van der Waals surface area contributed by atoms with Gasteiger partial charge in [0.1, 0.15) is 5.01 Å². The summed E-state index contributed by atoms with van der Waals surface area (Å²) in [6, 6.07) is -0.956. The summed E-state index contributed by atoms with van der Waals surface area (Å²) in [5.41, 5.74) is 0. The van der Waals surface area contributed by atoms with Crippen molar-refractivity contribution in [2.45, 2.75) is 56.7 Å². The Hall–Kier alpha value is -1.38. The zero-order chi connectivity index (χ0) is 15.7. The van der Waals surface area contributed by atoms with Gasteiger partial charge in [-0.25, -0.2) is 4.79 Å². The van der Waals surface area contributed by atoms with Crippen LogP contribution in [-0.4, -0.2) is 28.4 Å². The Balaban J connectivity index is 1.50. The highest BCUT2D eigenvalue weighted by atomic mass is 32.1. The third-order valence-corrected chi connectivity index (χ3v) is 5.06. The number of aromatic nitrogens is 2. The van der Waals surface area contributed by atoms with Gasteiger partial charge < -0.3 is 5.32 Å². The predicted molar refractivity (Wildman–Crippen MR) is 75.8 cm³/mol. The molecule has 0 unspecified atom stereocenters. The van der Waals surface area contributed by atoms with Crippen LogP contribution in [0.15, 0.2) is 0 Å². The van der Waals surface area contributed by atoms with E-state index < -0.39 is 24.2 Å². The SMILES string of the molecule is O=C(Nc1nnc(C2CC2)s1)N[C@@H]1CCC[C@H](C(F)(F)F)C1. The van der Waals surface area contributed by atoms with Gasteiger partial charge in [-0.2, -0.15) is 13.2 Å². The van der Waals surface area contributed by atoms with E-state index in [2.05, 4.69) is 20.8 Å². The second-order valence-electron chi connectivity index (χ2n) is 5.92. The minimum atomic E-state index is -4.19. The number of halogens is 3. The summed E-state index contributed by atoms with van der Waals surface area (Å²) < 4.78 is 38.2. The second-order valence-corrected chi connectivity index (χ2v) is 6.93. The van der Waals surface area contributed by atoms with Crippen LogP contribution in [0.4, 0.5) is 23.1 Å². The Kier molecular flexibility index (Phi) is 4.24. The molecule has 2 aliphatic carbocycles. The summed E-state index contributed by atoms with van der Waals surface area (Å²) in [6.07, 6.45) is -0.854. The van der Waals surface area contributed by atoms with Crippen molar-refractivity contribution in [2.75, 3.05) is 5.32 Å². The Labute approximate surface area is 129 Å². The van der Waals surface area contributed by atoms with Crippen LogP contribution in [0.3, 0.4) is 0 Å². The van der Waals surface area contributed by atoms with E-state index >= 15 is 0 Å². The topological polar surface area (TPSA) is 66.9 Å². The fourth-order valence-corrected chi connectivity index (χ4v) is 3.62. The van der Waals surface area contributed by atoms with Crippen LogP contribution >= 0.6 is 11.3 Å². The smallest absolute Gasteiger partial charge is 0.335 e. The Morgan fingerprint density at radius 2 is 1.95 bits per heavy atom. The van der Waals surface area contributed by atoms with Crippen LogP contribution in [0.2, 0.25) is 0 Å². The molecule has 0 saturated heterocycles. The van der Waals surface area contributed by atoms with Gasteiger partial charge in [-0.05, 0) is 32.1 Å². The van der Waals surface area contributed by atoms with Crippen molar-refractivity contribution >= 4 is 22.5 Å². The molecule has 2 aliphatic rings. The summed E-state index contributed by atoms with van der Waals surface area (Å²) in [6.45, 7) is 0. The lowest BCUT2D eigenvalue weighted by Gasteiger charge is -2.30. The molecule has 2 saturated carbocycles. The van der Waals surface area contributed by atoms with Crippen LogP contribution in [0.5, 0.6) is 0 Å². The largest absolute Gasteiger partial charge is 0.391 e. The molecular formula is C13H17F3N4OS. The average Bonchev–Trinajstić information content (AvgIpc) is 3.19. The van der Waals surface area contributed by atoms with Crippen LogP contribution < -0.4 is 10.6 Å². The molecule has 5 nitrogen and oxygen atoms in total. The average molecular weight is 334 g/mol. The molecule has 22 heavy (non-hydrogen) atoms. The molecule has 0 bridgehead atoms. The number of carbonyl (C=O) groups is 1. The van der Waals surface area contributed by atoms with Gasteiger partial charge in [0.05, 0.1) is 5.92 Å². The molecule has 1 aromatic heterocycles. The first kappa shape index (κ1) is 15.5. The standard InChI is InChI=1S/C13H17F3N4OS/c14-13(15,16)8-2-1-3-9(6-8)17-11(21)18-12-20-19-10(22-12)7-4-5-7/h7-9H,1-6H2,(H2,17,18,20,21)/t8-,9+/m0/s1. The lowest BCUT2D eigenvalue weighted by atomic mass is 9.85. The third-order valence-electron chi connectivity index (χ3n) is 4.06. The zero-order valence-electron chi connectivity index (χ0n) is 11.8. The minimum absolute atomic E-state index is 0.0552. The molecule has 1 heterocycles. The van der Waals surface area contributed by atoms with Gasteiger partial charge in [0.25, 0.3) is 0 Å². The number of hydrogen-bond donors (Lipinski definition) is 2. The van der Waals surface area contributed by atoms with E-state index in [9.17, 15) is 18.0 Å². The van der Waals surface area contributed by atoms with Crippen LogP contribution in [-0.2, 0) is 0 Å². The van der Waals surface area contributed by atoms with Crippen molar-refractivity contribution in [3.05, 3.63) is 5.01 Å². The molecule has 0 aromatic carbocycles. The predicted octanol–water partition coefficient (Wildman–Crippen LogP) is 3.66. The maximum Gasteiger partial charge on any atom is 0.391 e. The van der Waals surface area contributed by atoms with E-state index in [4.69, 9.17) is 0 Å². The molecule has 3 rings (SSSR count). The van der Waals surface area contributed by atoms with Gasteiger partial charge >= 0.3 is 12.2 Å². The molecule has 0 radical (unpaired) electrons. The van der Waals surface area contributed by atoms with Gasteiger partial charge in [-0.15, -0.1) is 10.2 Å². The van der Waals surface area contributed by atoms with Crippen molar-refractivity contribution in [1.29, 1.82) is 0 Å². The monoisotopic (exact) mass is 334 g/mol. The molecule has 0 spiro atoms. The summed E-state index contributed by atoms with van der Waals surface area (Å²) in [5.74, 6) is -0.864. The first-order valence-electron chi connectivity index (χ1n) is 7.39. The summed E-state index contributed by atoms with van der Waals surface area (Å²) >= 11 is 1.32. The first-order chi connectivity index (χ1) is 10.4. The number of hydrogen-bond acceptors (Lipinski definition) is 4. The number of nitrogens with one attached hydrogen (secondary N) is 2. The molecule has 2 atom stereocenters. The van der Waals surface area contributed by atoms with E-state index in [1.54, 1.807) is 0 Å². The van der Waals surface area contributed by atoms with Crippen LogP contribution in [0, 0.1) is 5.92 Å². The highest BCUT2D eigenvalue weighted by molar-refractivity contribution is 7.15. The quantitative estimate of drug-likeness (QED) is 0.886. The van der Waals surface area contributed by atoms with Crippen LogP contribution in [0.1, 0.15) is 49.5 Å². The van der Waals surface area contributed by atoms with E-state index in [0.29, 0.717) is 23.9 Å². The number of carbonyl (C=O) groups excluding carboxylic acids is 1. The Bertz CT molecular complexity index is 544. The third kappa shape index (κ3) is 3.88. The molecule has 2 N–H and O–H groups in total. The van der Waals surface area contributed by atoms with Crippen molar-refractivity contribution in [3.8, 4) is 0 Å². The lowest BCUT2D eigenvalue weighted by Crippen LogP contribution is -2.43. The van der Waals surface area contributed by atoms with E-state index in [0.717, 1.165) is 17.8 Å². The zero-order valence-corrected chi connectivity index (χ0v) is 12.6. The molecule has 9 heteroatoms. The van der Waals surface area contributed by atoms with Gasteiger partial charge in [0, 0.05) is 12.0 Å². The van der Waals surface area contributed by atoms with Gasteiger partial charge in [0.15, 0.2) is 0 Å². The molecule has 2 fully saturated rings. The van der Waals surface area contributed by atoms with E-state index in [1.165, 1.54) is 11.3 Å². The van der Waals surface area contributed by atoms with Gasteiger partial charge in [-0.3, -0.25) is 5.32 Å². The number of urea groups is 1. The lowest BCUT2D eigenvalue weighted by molar-refractivity contribution is -0.183. The summed E-state index contributed by atoms with van der Waals surface area (Å²) in [7, 11) is 0. The van der Waals surface area contributed by atoms with E-state index in [-0.39, 0.29) is 12.8 Å². The number of rotatable bonds is 3. The Morgan fingerprint density at radius 1 is 1.18 bits per heavy atom. The maximum atomic E-state index is 12.7. The minimum Gasteiger partial charge on any atom is -0.335 e. The number of anilines is 1. The molecule has 0 aliphatic heterocycles. The summed E-state index contributed by atoms with van der Waals surface area (Å²) in [5, 5.41) is 14.4. The van der Waals surface area contributed by atoms with Crippen molar-refractivity contribution < 1.29 is 18.0 Å². The number of nitrogens with zero attached hydrogens (tertiary/aromatic N) is 2. The number of alkyl halides is 3. The summed E-state index contributed by atoms with van der Waals surface area (Å²) in [4.78, 5) is 11.9. The molecule has 2 amide bonds. The van der Waals surface area contributed by atoms with Crippen molar-refractivity contribution in [2.24, 2.45) is 5.92 Å². The van der Waals surface area contributed by atoms with Gasteiger partial charge in [-0.1, -0.05) is 17.8 Å². The fourth-order valence-electron chi connectivity index (χ4n) is 2.72. The van der Waals surface area contributed by atoms with Crippen molar-refractivity contribution in [3.63, 3.8) is 0 Å². The first-order valence-corrected chi connectivity index (χ1v) is 8.21. The van der Waals surface area contributed by atoms with E-state index in [1.807, 2.05) is 0 Å². The normalized spacial score (nSPS) is 25.8. The Morgan fingerprint density at radius 3 is 2.64 bits per heavy atom.